The first-order valence-electron chi connectivity index (χ1n) is 8.09. The van der Waals surface area contributed by atoms with E-state index in [1.165, 1.54) is 7.11 Å². The maximum Gasteiger partial charge on any atom is 0.354 e. The first kappa shape index (κ1) is 15.4. The number of rotatable bonds is 4. The average Bonchev–Trinajstić information content (AvgIpc) is 3.10. The monoisotopic (exact) mass is 335 g/mol. The first-order chi connectivity index (χ1) is 12.1. The lowest BCUT2D eigenvalue weighted by Crippen LogP contribution is -2.21. The van der Waals surface area contributed by atoms with E-state index in [0.717, 1.165) is 22.0 Å². The molecule has 1 N–H and O–H groups in total. The van der Waals surface area contributed by atoms with Crippen molar-refractivity contribution in [2.75, 3.05) is 7.11 Å². The molecule has 2 aromatic carbocycles. The zero-order chi connectivity index (χ0) is 17.6. The summed E-state index contributed by atoms with van der Waals surface area (Å²) >= 11 is 0. The van der Waals surface area contributed by atoms with Crippen molar-refractivity contribution in [3.63, 3.8) is 0 Å². The van der Waals surface area contributed by atoms with Gasteiger partial charge in [0.25, 0.3) is 0 Å². The van der Waals surface area contributed by atoms with Crippen LogP contribution in [0.1, 0.15) is 33.5 Å². The number of esters is 1. The number of aliphatic carboxylic acids is 1. The zero-order valence-electron chi connectivity index (χ0n) is 13.7. The van der Waals surface area contributed by atoms with Crippen LogP contribution in [0.3, 0.4) is 0 Å². The van der Waals surface area contributed by atoms with Gasteiger partial charge in [0.1, 0.15) is 5.69 Å². The number of aromatic nitrogens is 1. The number of hydrogen-bond donors (Lipinski definition) is 1. The number of fused-ring (bicyclic) bond motifs is 3. The molecule has 1 aliphatic carbocycles. The van der Waals surface area contributed by atoms with Crippen LogP contribution in [0.4, 0.5) is 0 Å². The average molecular weight is 335 g/mol. The van der Waals surface area contributed by atoms with Crippen molar-refractivity contribution >= 4 is 22.8 Å². The second-order valence-corrected chi connectivity index (χ2v) is 6.28. The van der Waals surface area contributed by atoms with Gasteiger partial charge in [-0.3, -0.25) is 4.79 Å². The Labute approximate surface area is 144 Å². The van der Waals surface area contributed by atoms with E-state index in [9.17, 15) is 14.7 Å². The van der Waals surface area contributed by atoms with Gasteiger partial charge < -0.3 is 14.4 Å². The Kier molecular flexibility index (Phi) is 3.57. The van der Waals surface area contributed by atoms with Crippen LogP contribution in [0.5, 0.6) is 0 Å². The third-order valence-corrected chi connectivity index (χ3v) is 4.95. The molecule has 0 radical (unpaired) electrons. The molecule has 0 fully saturated rings. The molecule has 25 heavy (non-hydrogen) atoms. The van der Waals surface area contributed by atoms with Crippen LogP contribution in [-0.2, 0) is 16.1 Å². The molecule has 0 amide bonds. The molecule has 1 aromatic heterocycles. The predicted octanol–water partition coefficient (Wildman–Crippen LogP) is 3.39. The largest absolute Gasteiger partial charge is 0.481 e. The number of carbonyl (C=O) groups is 2. The number of carboxylic acids is 1. The van der Waals surface area contributed by atoms with Gasteiger partial charge in [-0.25, -0.2) is 4.79 Å². The number of nitrogens with zero attached hydrogens (tertiary/aromatic N) is 1. The van der Waals surface area contributed by atoms with Crippen molar-refractivity contribution < 1.29 is 19.4 Å². The van der Waals surface area contributed by atoms with Crippen molar-refractivity contribution in [1.29, 1.82) is 0 Å². The normalized spacial score (nSPS) is 18.4. The van der Waals surface area contributed by atoms with Gasteiger partial charge in [0.05, 0.1) is 13.0 Å². The van der Waals surface area contributed by atoms with Gasteiger partial charge in [-0.05, 0) is 23.3 Å². The van der Waals surface area contributed by atoms with Gasteiger partial charge in [0.15, 0.2) is 0 Å². The van der Waals surface area contributed by atoms with E-state index in [0.29, 0.717) is 12.2 Å². The predicted molar refractivity (Wildman–Crippen MR) is 92.8 cm³/mol. The lowest BCUT2D eigenvalue weighted by Gasteiger charge is -2.20. The zero-order valence-corrected chi connectivity index (χ0v) is 13.7. The van der Waals surface area contributed by atoms with E-state index in [2.05, 4.69) is 0 Å². The molecule has 4 rings (SSSR count). The van der Waals surface area contributed by atoms with Crippen molar-refractivity contribution in [3.8, 4) is 0 Å². The minimum Gasteiger partial charge on any atom is -0.481 e. The van der Waals surface area contributed by atoms with E-state index in [1.54, 1.807) is 6.07 Å². The number of ether oxygens (including phenoxy) is 1. The van der Waals surface area contributed by atoms with E-state index in [4.69, 9.17) is 4.74 Å². The Bertz CT molecular complexity index is 988. The molecule has 5 nitrogen and oxygen atoms in total. The minimum absolute atomic E-state index is 0.221. The van der Waals surface area contributed by atoms with E-state index < -0.39 is 17.9 Å². The molecule has 2 unspecified atom stereocenters. The highest BCUT2D eigenvalue weighted by atomic mass is 16.5. The molecule has 0 spiro atoms. The summed E-state index contributed by atoms with van der Waals surface area (Å²) in [6.45, 7) is 0.405. The third kappa shape index (κ3) is 2.39. The van der Waals surface area contributed by atoms with Crippen LogP contribution in [0.25, 0.3) is 10.9 Å². The molecule has 126 valence electrons. The van der Waals surface area contributed by atoms with Gasteiger partial charge in [-0.1, -0.05) is 42.5 Å². The molecule has 1 aliphatic rings. The van der Waals surface area contributed by atoms with Crippen LogP contribution in [0.15, 0.2) is 54.6 Å². The summed E-state index contributed by atoms with van der Waals surface area (Å²) < 4.78 is 6.79. The summed E-state index contributed by atoms with van der Waals surface area (Å²) in [6, 6.07) is 17.1. The molecule has 0 saturated carbocycles. The van der Waals surface area contributed by atoms with Crippen LogP contribution in [0, 0.1) is 0 Å². The Morgan fingerprint density at radius 2 is 1.84 bits per heavy atom. The molecular formula is C20H17NO4. The lowest BCUT2D eigenvalue weighted by atomic mass is 9.91. The maximum absolute atomic E-state index is 12.2. The van der Waals surface area contributed by atoms with Gasteiger partial charge in [-0.15, -0.1) is 0 Å². The van der Waals surface area contributed by atoms with Gasteiger partial charge in [0.2, 0.25) is 0 Å². The Hall–Kier alpha value is -3.08. The van der Waals surface area contributed by atoms with Crippen molar-refractivity contribution in [2.24, 2.45) is 0 Å². The SMILES string of the molecule is COC(=O)c1cc2ccccc2n1CC1c2cccc(c2)C1C(=O)O. The lowest BCUT2D eigenvalue weighted by molar-refractivity contribution is -0.139. The summed E-state index contributed by atoms with van der Waals surface area (Å²) in [6.07, 6.45) is 0. The molecule has 1 heterocycles. The summed E-state index contributed by atoms with van der Waals surface area (Å²) in [5, 5.41) is 10.6. The second-order valence-electron chi connectivity index (χ2n) is 6.28. The second kappa shape index (κ2) is 5.77. The summed E-state index contributed by atoms with van der Waals surface area (Å²) in [5.74, 6) is -2.09. The molecular weight excluding hydrogens is 318 g/mol. The number of methoxy groups -OCH3 is 1. The maximum atomic E-state index is 12.2. The highest BCUT2D eigenvalue weighted by Crippen LogP contribution is 2.42. The van der Waals surface area contributed by atoms with Crippen LogP contribution in [0.2, 0.25) is 0 Å². The smallest absolute Gasteiger partial charge is 0.354 e. The van der Waals surface area contributed by atoms with Gasteiger partial charge >= 0.3 is 11.9 Å². The summed E-state index contributed by atoms with van der Waals surface area (Å²) in [5.41, 5.74) is 3.13. The van der Waals surface area contributed by atoms with Crippen molar-refractivity contribution in [2.45, 2.75) is 18.4 Å². The fraction of sp³-hybridized carbons (Fsp3) is 0.200. The Balaban J connectivity index is 1.82. The minimum atomic E-state index is -0.845. The number of hydrogen-bond acceptors (Lipinski definition) is 3. The van der Waals surface area contributed by atoms with E-state index >= 15 is 0 Å². The third-order valence-electron chi connectivity index (χ3n) is 4.95. The molecule has 0 aliphatic heterocycles. The standard InChI is InChI=1S/C20H17NO4/c1-25-20(24)17-10-13-5-2-3-8-16(13)21(17)11-15-12-6-4-7-14(9-12)18(15)19(22)23/h2-10,15,18H,11H2,1H3,(H,22,23). The van der Waals surface area contributed by atoms with Crippen LogP contribution < -0.4 is 0 Å². The fourth-order valence-electron chi connectivity index (χ4n) is 3.81. The highest BCUT2D eigenvalue weighted by Gasteiger charge is 2.37. The molecule has 3 aromatic rings. The molecule has 2 bridgehead atoms. The Morgan fingerprint density at radius 3 is 2.60 bits per heavy atom. The fourth-order valence-corrected chi connectivity index (χ4v) is 3.81. The number of carbonyl (C=O) groups excluding carboxylic acids is 1. The quantitative estimate of drug-likeness (QED) is 0.742. The van der Waals surface area contributed by atoms with Crippen molar-refractivity contribution in [3.05, 3.63) is 71.4 Å². The van der Waals surface area contributed by atoms with E-state index in [1.807, 2.05) is 53.1 Å². The van der Waals surface area contributed by atoms with E-state index in [-0.39, 0.29) is 5.92 Å². The Morgan fingerprint density at radius 1 is 1.08 bits per heavy atom. The van der Waals surface area contributed by atoms with Gasteiger partial charge in [0, 0.05) is 23.4 Å². The number of benzene rings is 2. The topological polar surface area (TPSA) is 68.5 Å². The highest BCUT2D eigenvalue weighted by molar-refractivity contribution is 5.95. The number of para-hydroxylation sites is 1. The van der Waals surface area contributed by atoms with Gasteiger partial charge in [-0.2, -0.15) is 0 Å². The summed E-state index contributed by atoms with van der Waals surface area (Å²) in [7, 11) is 1.35. The first-order valence-corrected chi connectivity index (χ1v) is 8.09. The van der Waals surface area contributed by atoms with Crippen LogP contribution >= 0.6 is 0 Å². The summed E-state index contributed by atoms with van der Waals surface area (Å²) in [4.78, 5) is 24.0. The molecule has 0 saturated heterocycles. The number of carboxylic acid groups (broad SMARTS) is 1. The van der Waals surface area contributed by atoms with Crippen LogP contribution in [-0.4, -0.2) is 28.7 Å². The molecule has 2 atom stereocenters. The molecule has 5 heteroatoms. The van der Waals surface area contributed by atoms with Crippen molar-refractivity contribution in [1.82, 2.24) is 4.57 Å².